The monoisotopic (exact) mass is 510 g/mol. The number of benzene rings is 1. The molecule has 0 aliphatic carbocycles. The molecule has 2 amide bonds. The Morgan fingerprint density at radius 3 is 2.57 bits per heavy atom. The van der Waals surface area contributed by atoms with Gasteiger partial charge < -0.3 is 24.1 Å². The van der Waals surface area contributed by atoms with Crippen molar-refractivity contribution in [2.75, 3.05) is 20.3 Å². The van der Waals surface area contributed by atoms with Crippen LogP contribution in [0, 0.1) is 6.92 Å². The third-order valence-electron chi connectivity index (χ3n) is 5.92. The second-order valence-corrected chi connectivity index (χ2v) is 10.1. The smallest absolute Gasteiger partial charge is 0.247 e. The van der Waals surface area contributed by atoms with Gasteiger partial charge in [0.25, 0.3) is 0 Å². The average Bonchev–Trinajstić information content (AvgIpc) is 3.60. The maximum Gasteiger partial charge on any atom is 0.247 e. The van der Waals surface area contributed by atoms with Gasteiger partial charge in [0.2, 0.25) is 17.6 Å². The molecule has 0 spiro atoms. The van der Waals surface area contributed by atoms with E-state index in [0.29, 0.717) is 23.7 Å². The van der Waals surface area contributed by atoms with Gasteiger partial charge in [-0.2, -0.15) is 4.80 Å². The summed E-state index contributed by atoms with van der Waals surface area (Å²) in [5.41, 5.74) is 0.163. The zero-order chi connectivity index (χ0) is 26.6. The van der Waals surface area contributed by atoms with Crippen molar-refractivity contribution in [3.63, 3.8) is 0 Å². The summed E-state index contributed by atoms with van der Waals surface area (Å²) in [5, 5.41) is 15.4. The van der Waals surface area contributed by atoms with Gasteiger partial charge in [-0.25, -0.2) is 0 Å². The molecule has 4 rings (SSSR count). The molecule has 0 saturated carbocycles. The Morgan fingerprint density at radius 2 is 1.97 bits per heavy atom. The number of methoxy groups -OCH3 is 1. The number of nitrogens with zero attached hydrogens (tertiary/aromatic N) is 5. The van der Waals surface area contributed by atoms with Crippen molar-refractivity contribution in [2.45, 2.75) is 64.8 Å². The molecule has 3 heterocycles. The molecule has 198 valence electrons. The van der Waals surface area contributed by atoms with Crippen LogP contribution in [0.3, 0.4) is 0 Å². The van der Waals surface area contributed by atoms with Gasteiger partial charge in [0.05, 0.1) is 13.2 Å². The predicted octanol–water partition coefficient (Wildman–Crippen LogP) is 2.91. The SMILES string of the molecule is COc1ccc([C@H](C(=O)NC(C)(C)C)N(C[C@@H]2CCCO2)C(=O)Cn2nnc(-c3ccc(C)o3)n2)cc1. The van der Waals surface area contributed by atoms with E-state index >= 15 is 0 Å². The number of hydrogen-bond acceptors (Lipinski definition) is 8. The third-order valence-corrected chi connectivity index (χ3v) is 5.92. The lowest BCUT2D eigenvalue weighted by Gasteiger charge is -2.35. The van der Waals surface area contributed by atoms with Gasteiger partial charge >= 0.3 is 0 Å². The summed E-state index contributed by atoms with van der Waals surface area (Å²) < 4.78 is 16.7. The minimum Gasteiger partial charge on any atom is -0.497 e. The summed E-state index contributed by atoms with van der Waals surface area (Å²) in [6.45, 7) is 8.21. The average molecular weight is 511 g/mol. The number of carbonyl (C=O) groups excluding carboxylic acids is 2. The molecule has 2 atom stereocenters. The number of tetrazole rings is 1. The van der Waals surface area contributed by atoms with Crippen LogP contribution in [0.4, 0.5) is 0 Å². The Labute approximate surface area is 216 Å². The third kappa shape index (κ3) is 6.73. The Kier molecular flexibility index (Phi) is 7.91. The molecule has 1 aliphatic heterocycles. The van der Waals surface area contributed by atoms with Gasteiger partial charge in [0.15, 0.2) is 5.76 Å². The lowest BCUT2D eigenvalue weighted by Crippen LogP contribution is -2.51. The van der Waals surface area contributed by atoms with Crippen molar-refractivity contribution in [1.29, 1.82) is 0 Å². The van der Waals surface area contributed by atoms with Crippen molar-refractivity contribution in [2.24, 2.45) is 0 Å². The molecule has 2 aromatic heterocycles. The standard InChI is InChI=1S/C26H34N6O5/c1-17-8-13-21(37-17)24-28-30-32(29-24)16-22(33)31(15-20-7-6-14-36-20)23(25(34)27-26(2,3)4)18-9-11-19(35-5)12-10-18/h8-13,20,23H,6-7,14-16H2,1-5H3,(H,27,34)/t20-,23+/m0/s1. The summed E-state index contributed by atoms with van der Waals surface area (Å²) in [7, 11) is 1.58. The van der Waals surface area contributed by atoms with Gasteiger partial charge in [-0.3, -0.25) is 9.59 Å². The van der Waals surface area contributed by atoms with E-state index in [1.54, 1.807) is 48.4 Å². The van der Waals surface area contributed by atoms with Crippen molar-refractivity contribution >= 4 is 11.8 Å². The molecule has 11 heteroatoms. The summed E-state index contributed by atoms with van der Waals surface area (Å²) >= 11 is 0. The van der Waals surface area contributed by atoms with Crippen molar-refractivity contribution in [3.8, 4) is 17.3 Å². The fraction of sp³-hybridized carbons (Fsp3) is 0.500. The Morgan fingerprint density at radius 1 is 1.22 bits per heavy atom. The molecule has 0 radical (unpaired) electrons. The molecule has 1 N–H and O–H groups in total. The number of furan rings is 1. The highest BCUT2D eigenvalue weighted by atomic mass is 16.5. The van der Waals surface area contributed by atoms with Crippen LogP contribution < -0.4 is 10.1 Å². The highest BCUT2D eigenvalue weighted by Gasteiger charge is 2.36. The van der Waals surface area contributed by atoms with Crippen LogP contribution in [0.2, 0.25) is 0 Å². The van der Waals surface area contributed by atoms with Crippen LogP contribution in [0.5, 0.6) is 5.75 Å². The first-order valence-electron chi connectivity index (χ1n) is 12.3. The topological polar surface area (TPSA) is 125 Å². The van der Waals surface area contributed by atoms with Gasteiger partial charge in [-0.15, -0.1) is 10.2 Å². The molecule has 1 saturated heterocycles. The van der Waals surface area contributed by atoms with Gasteiger partial charge in [0.1, 0.15) is 24.1 Å². The van der Waals surface area contributed by atoms with Gasteiger partial charge in [0, 0.05) is 18.7 Å². The molecule has 0 unspecified atom stereocenters. The highest BCUT2D eigenvalue weighted by Crippen LogP contribution is 2.27. The molecule has 0 bridgehead atoms. The van der Waals surface area contributed by atoms with Crippen LogP contribution >= 0.6 is 0 Å². The van der Waals surface area contributed by atoms with Crippen LogP contribution in [-0.2, 0) is 20.9 Å². The Bertz CT molecular complexity index is 1210. The molecule has 1 fully saturated rings. The molecular formula is C26H34N6O5. The first-order chi connectivity index (χ1) is 17.6. The zero-order valence-corrected chi connectivity index (χ0v) is 21.9. The van der Waals surface area contributed by atoms with E-state index in [1.165, 1.54) is 4.80 Å². The summed E-state index contributed by atoms with van der Waals surface area (Å²) in [6.07, 6.45) is 1.55. The van der Waals surface area contributed by atoms with E-state index in [0.717, 1.165) is 18.6 Å². The second-order valence-electron chi connectivity index (χ2n) is 10.1. The molecule has 11 nitrogen and oxygen atoms in total. The number of nitrogens with one attached hydrogen (secondary N) is 1. The van der Waals surface area contributed by atoms with E-state index in [9.17, 15) is 9.59 Å². The maximum atomic E-state index is 13.8. The van der Waals surface area contributed by atoms with E-state index in [2.05, 4.69) is 20.7 Å². The van der Waals surface area contributed by atoms with Crippen LogP contribution in [0.15, 0.2) is 40.8 Å². The largest absolute Gasteiger partial charge is 0.497 e. The zero-order valence-electron chi connectivity index (χ0n) is 21.9. The van der Waals surface area contributed by atoms with Crippen LogP contribution in [-0.4, -0.2) is 68.8 Å². The molecule has 37 heavy (non-hydrogen) atoms. The van der Waals surface area contributed by atoms with Crippen molar-refractivity contribution in [1.82, 2.24) is 30.4 Å². The number of hydrogen-bond donors (Lipinski definition) is 1. The predicted molar refractivity (Wildman–Crippen MR) is 135 cm³/mol. The van der Waals surface area contributed by atoms with E-state index < -0.39 is 11.6 Å². The quantitative estimate of drug-likeness (QED) is 0.466. The highest BCUT2D eigenvalue weighted by molar-refractivity contribution is 5.89. The fourth-order valence-electron chi connectivity index (χ4n) is 4.23. The molecule has 3 aromatic rings. The maximum absolute atomic E-state index is 13.8. The van der Waals surface area contributed by atoms with Gasteiger partial charge in [-0.1, -0.05) is 12.1 Å². The lowest BCUT2D eigenvalue weighted by molar-refractivity contribution is -0.144. The van der Waals surface area contributed by atoms with Crippen LogP contribution in [0.1, 0.15) is 51.0 Å². The lowest BCUT2D eigenvalue weighted by atomic mass is 10.0. The molecule has 1 aliphatic rings. The number of aryl methyl sites for hydroxylation is 1. The number of carbonyl (C=O) groups is 2. The minimum atomic E-state index is -0.891. The van der Waals surface area contributed by atoms with Gasteiger partial charge in [-0.05, 0) is 75.6 Å². The fourth-order valence-corrected chi connectivity index (χ4v) is 4.23. The number of ether oxygens (including phenoxy) is 2. The summed E-state index contributed by atoms with van der Waals surface area (Å²) in [5.74, 6) is 1.50. The Balaban J connectivity index is 1.65. The summed E-state index contributed by atoms with van der Waals surface area (Å²) in [4.78, 5) is 30.2. The van der Waals surface area contributed by atoms with Crippen LogP contribution in [0.25, 0.3) is 11.6 Å². The summed E-state index contributed by atoms with van der Waals surface area (Å²) in [6, 6.07) is 9.81. The number of amides is 2. The Hall–Kier alpha value is -3.73. The number of aromatic nitrogens is 4. The van der Waals surface area contributed by atoms with E-state index in [-0.39, 0.29) is 36.8 Å². The van der Waals surface area contributed by atoms with Crippen molar-refractivity contribution in [3.05, 3.63) is 47.7 Å². The normalized spacial score (nSPS) is 16.4. The molecular weight excluding hydrogens is 476 g/mol. The minimum absolute atomic E-state index is 0.169. The number of rotatable bonds is 9. The molecule has 1 aromatic carbocycles. The first-order valence-corrected chi connectivity index (χ1v) is 12.3. The van der Waals surface area contributed by atoms with E-state index in [1.807, 2.05) is 27.7 Å². The van der Waals surface area contributed by atoms with E-state index in [4.69, 9.17) is 13.9 Å². The second kappa shape index (κ2) is 11.1. The van der Waals surface area contributed by atoms with Crippen molar-refractivity contribution < 1.29 is 23.5 Å². The first kappa shape index (κ1) is 26.3.